The van der Waals surface area contributed by atoms with Crippen LogP contribution in [-0.4, -0.2) is 25.0 Å². The summed E-state index contributed by atoms with van der Waals surface area (Å²) in [4.78, 5) is 24.7. The Morgan fingerprint density at radius 1 is 1.40 bits per heavy atom. The van der Waals surface area contributed by atoms with Gasteiger partial charge < -0.3 is 4.74 Å². The molecule has 6 heteroatoms. The summed E-state index contributed by atoms with van der Waals surface area (Å²) < 4.78 is 5.59. The molecule has 0 unspecified atom stereocenters. The SMILES string of the molecule is CCOC(=O)CCC(=O)N(CC#N)c1cccc(Br)c1. The maximum atomic E-state index is 12.1. The molecule has 1 amide bonds. The van der Waals surface area contributed by atoms with Gasteiger partial charge in [-0.05, 0) is 25.1 Å². The molecular weight excluding hydrogens is 324 g/mol. The third-order valence-electron chi connectivity index (χ3n) is 2.50. The minimum atomic E-state index is -0.410. The molecule has 0 aliphatic carbocycles. The number of rotatable bonds is 6. The van der Waals surface area contributed by atoms with Crippen molar-refractivity contribution in [2.75, 3.05) is 18.1 Å². The van der Waals surface area contributed by atoms with Crippen molar-refractivity contribution in [2.24, 2.45) is 0 Å². The number of hydrogen-bond donors (Lipinski definition) is 0. The summed E-state index contributed by atoms with van der Waals surface area (Å²) in [5.41, 5.74) is 0.620. The molecule has 0 aliphatic rings. The molecule has 0 radical (unpaired) electrons. The van der Waals surface area contributed by atoms with Crippen molar-refractivity contribution in [1.82, 2.24) is 0 Å². The average Bonchev–Trinajstić information content (AvgIpc) is 2.42. The van der Waals surface area contributed by atoms with Crippen molar-refractivity contribution in [2.45, 2.75) is 19.8 Å². The molecule has 0 bridgehead atoms. The predicted octanol–water partition coefficient (Wildman–Crippen LogP) is 2.65. The van der Waals surface area contributed by atoms with E-state index in [1.165, 1.54) is 4.90 Å². The zero-order chi connectivity index (χ0) is 15.0. The van der Waals surface area contributed by atoms with Crippen LogP contribution in [0.3, 0.4) is 0 Å². The molecule has 5 nitrogen and oxygen atoms in total. The Morgan fingerprint density at radius 2 is 2.15 bits per heavy atom. The lowest BCUT2D eigenvalue weighted by molar-refractivity contribution is -0.144. The van der Waals surface area contributed by atoms with Gasteiger partial charge in [0, 0.05) is 16.6 Å². The highest BCUT2D eigenvalue weighted by molar-refractivity contribution is 9.10. The smallest absolute Gasteiger partial charge is 0.306 e. The third kappa shape index (κ3) is 5.02. The number of hydrogen-bond acceptors (Lipinski definition) is 4. The summed E-state index contributed by atoms with van der Waals surface area (Å²) in [5, 5.41) is 8.83. The summed E-state index contributed by atoms with van der Waals surface area (Å²) in [6.07, 6.45) is 0.0373. The average molecular weight is 339 g/mol. The third-order valence-corrected chi connectivity index (χ3v) is 2.99. The highest BCUT2D eigenvalue weighted by Crippen LogP contribution is 2.20. The van der Waals surface area contributed by atoms with Gasteiger partial charge in [-0.2, -0.15) is 5.26 Å². The van der Waals surface area contributed by atoms with Crippen LogP contribution < -0.4 is 4.90 Å². The van der Waals surface area contributed by atoms with E-state index in [-0.39, 0.29) is 25.3 Å². The number of halogens is 1. The molecule has 1 rings (SSSR count). The molecule has 106 valence electrons. The van der Waals surface area contributed by atoms with Gasteiger partial charge in [0.15, 0.2) is 0 Å². The van der Waals surface area contributed by atoms with Crippen LogP contribution in [0.1, 0.15) is 19.8 Å². The van der Waals surface area contributed by atoms with E-state index in [0.29, 0.717) is 12.3 Å². The minimum Gasteiger partial charge on any atom is -0.466 e. The summed E-state index contributed by atoms with van der Waals surface area (Å²) in [5.74, 6) is -0.690. The first kappa shape index (κ1) is 16.2. The van der Waals surface area contributed by atoms with Crippen LogP contribution in [0.25, 0.3) is 0 Å². The second-order valence-corrected chi connectivity index (χ2v) is 4.84. The Labute approximate surface area is 126 Å². The van der Waals surface area contributed by atoms with Crippen LogP contribution in [-0.2, 0) is 14.3 Å². The van der Waals surface area contributed by atoms with Gasteiger partial charge in [0.25, 0.3) is 0 Å². The van der Waals surface area contributed by atoms with Crippen LogP contribution in [0, 0.1) is 11.3 Å². The predicted molar refractivity (Wildman–Crippen MR) is 78.0 cm³/mol. The van der Waals surface area contributed by atoms with Crippen molar-refractivity contribution in [3.05, 3.63) is 28.7 Å². The van der Waals surface area contributed by atoms with Crippen molar-refractivity contribution in [3.8, 4) is 6.07 Å². The van der Waals surface area contributed by atoms with E-state index in [4.69, 9.17) is 10.00 Å². The lowest BCUT2D eigenvalue weighted by Crippen LogP contribution is -2.31. The van der Waals surface area contributed by atoms with E-state index in [1.807, 2.05) is 12.1 Å². The van der Waals surface area contributed by atoms with Gasteiger partial charge in [-0.1, -0.05) is 22.0 Å². The largest absolute Gasteiger partial charge is 0.466 e. The summed E-state index contributed by atoms with van der Waals surface area (Å²) in [6.45, 7) is 1.95. The molecule has 0 spiro atoms. The molecule has 1 aromatic rings. The molecular formula is C14H15BrN2O3. The molecule has 20 heavy (non-hydrogen) atoms. The maximum Gasteiger partial charge on any atom is 0.306 e. The molecule has 0 fully saturated rings. The first-order valence-corrected chi connectivity index (χ1v) is 6.96. The Bertz CT molecular complexity index is 525. The molecule has 1 aromatic carbocycles. The number of nitriles is 1. The van der Waals surface area contributed by atoms with Gasteiger partial charge in [0.05, 0.1) is 19.1 Å². The lowest BCUT2D eigenvalue weighted by Gasteiger charge is -2.19. The van der Waals surface area contributed by atoms with E-state index in [1.54, 1.807) is 25.1 Å². The number of carbonyl (C=O) groups excluding carboxylic acids is 2. The Hall–Kier alpha value is -1.87. The van der Waals surface area contributed by atoms with E-state index >= 15 is 0 Å². The number of carbonyl (C=O) groups is 2. The van der Waals surface area contributed by atoms with Crippen LogP contribution in [0.15, 0.2) is 28.7 Å². The van der Waals surface area contributed by atoms with Gasteiger partial charge >= 0.3 is 5.97 Å². The Balaban J connectivity index is 2.73. The van der Waals surface area contributed by atoms with Gasteiger partial charge in [-0.15, -0.1) is 0 Å². The highest BCUT2D eigenvalue weighted by atomic mass is 79.9. The molecule has 0 aliphatic heterocycles. The number of anilines is 1. The molecule has 0 heterocycles. The normalized spacial score (nSPS) is 9.65. The topological polar surface area (TPSA) is 70.4 Å². The zero-order valence-electron chi connectivity index (χ0n) is 11.1. The second kappa shape index (κ2) is 8.33. The van der Waals surface area contributed by atoms with Gasteiger partial charge in [0.2, 0.25) is 5.91 Å². The molecule has 0 saturated heterocycles. The zero-order valence-corrected chi connectivity index (χ0v) is 12.7. The lowest BCUT2D eigenvalue weighted by atomic mass is 10.2. The molecule has 0 saturated carbocycles. The maximum absolute atomic E-state index is 12.1. The quantitative estimate of drug-likeness (QED) is 0.590. The number of nitrogens with zero attached hydrogens (tertiary/aromatic N) is 2. The Kier molecular flexibility index (Phi) is 6.74. The number of esters is 1. The number of ether oxygens (including phenoxy) is 1. The summed E-state index contributed by atoms with van der Waals surface area (Å²) >= 11 is 3.32. The van der Waals surface area contributed by atoms with Gasteiger partial charge in [0.1, 0.15) is 6.54 Å². The molecule has 0 aromatic heterocycles. The van der Waals surface area contributed by atoms with Crippen LogP contribution in [0.2, 0.25) is 0 Å². The van der Waals surface area contributed by atoms with Crippen molar-refractivity contribution >= 4 is 33.5 Å². The van der Waals surface area contributed by atoms with E-state index < -0.39 is 5.97 Å². The van der Waals surface area contributed by atoms with E-state index in [2.05, 4.69) is 15.9 Å². The Morgan fingerprint density at radius 3 is 2.75 bits per heavy atom. The standard InChI is InChI=1S/C14H15BrN2O3/c1-2-20-14(19)7-6-13(18)17(9-8-16)12-5-3-4-11(15)10-12/h3-5,10H,2,6-7,9H2,1H3. The minimum absolute atomic E-state index is 0.0165. The van der Waals surface area contributed by atoms with Crippen LogP contribution in [0.4, 0.5) is 5.69 Å². The number of amides is 1. The second-order valence-electron chi connectivity index (χ2n) is 3.92. The fourth-order valence-corrected chi connectivity index (χ4v) is 2.00. The molecule has 0 atom stereocenters. The van der Waals surface area contributed by atoms with Crippen LogP contribution in [0.5, 0.6) is 0 Å². The van der Waals surface area contributed by atoms with E-state index in [9.17, 15) is 9.59 Å². The monoisotopic (exact) mass is 338 g/mol. The van der Waals surface area contributed by atoms with E-state index in [0.717, 1.165) is 4.47 Å². The van der Waals surface area contributed by atoms with Crippen molar-refractivity contribution in [3.63, 3.8) is 0 Å². The number of benzene rings is 1. The highest BCUT2D eigenvalue weighted by Gasteiger charge is 2.17. The van der Waals surface area contributed by atoms with Crippen molar-refractivity contribution in [1.29, 1.82) is 5.26 Å². The van der Waals surface area contributed by atoms with Crippen LogP contribution >= 0.6 is 15.9 Å². The first-order chi connectivity index (χ1) is 9.58. The first-order valence-electron chi connectivity index (χ1n) is 6.17. The summed E-state index contributed by atoms with van der Waals surface area (Å²) in [6, 6.07) is 9.05. The fraction of sp³-hybridized carbons (Fsp3) is 0.357. The summed E-state index contributed by atoms with van der Waals surface area (Å²) in [7, 11) is 0. The van der Waals surface area contributed by atoms with Gasteiger partial charge in [-0.25, -0.2) is 0 Å². The van der Waals surface area contributed by atoms with Gasteiger partial charge in [-0.3, -0.25) is 14.5 Å². The van der Waals surface area contributed by atoms with Crippen molar-refractivity contribution < 1.29 is 14.3 Å². The molecule has 0 N–H and O–H groups in total. The fourth-order valence-electron chi connectivity index (χ4n) is 1.62.